The minimum atomic E-state index is -3.52. The van der Waals surface area contributed by atoms with E-state index >= 15 is 0 Å². The second kappa shape index (κ2) is 8.13. The number of sulfonamides is 1. The van der Waals surface area contributed by atoms with Crippen LogP contribution in [0.25, 0.3) is 16.8 Å². The SMILES string of the molecule is CNS(=O)(=O)c1ccc(-c2cnc(NCc3c(F)ccc4c3CCO4)n3cc(C)nc23)cc1. The predicted octanol–water partition coefficient (Wildman–Crippen LogP) is 3.30. The van der Waals surface area contributed by atoms with Crippen LogP contribution in [0.4, 0.5) is 10.3 Å². The molecule has 0 unspecified atom stereocenters. The normalized spacial score (nSPS) is 13.2. The van der Waals surface area contributed by atoms with Crippen molar-refractivity contribution in [3.8, 4) is 16.9 Å². The minimum Gasteiger partial charge on any atom is -0.493 e. The first-order chi connectivity index (χ1) is 15.9. The molecule has 3 heterocycles. The van der Waals surface area contributed by atoms with Crippen molar-refractivity contribution < 1.29 is 17.5 Å². The van der Waals surface area contributed by atoms with E-state index in [1.165, 1.54) is 13.1 Å². The first kappa shape index (κ1) is 21.4. The van der Waals surface area contributed by atoms with Crippen LogP contribution in [0.5, 0.6) is 5.75 Å². The van der Waals surface area contributed by atoms with Gasteiger partial charge in [0, 0.05) is 42.0 Å². The van der Waals surface area contributed by atoms with Gasteiger partial charge in [-0.1, -0.05) is 12.1 Å². The van der Waals surface area contributed by atoms with Crippen LogP contribution in [-0.4, -0.2) is 36.4 Å². The first-order valence-corrected chi connectivity index (χ1v) is 11.9. The number of fused-ring (bicyclic) bond motifs is 2. The zero-order valence-corrected chi connectivity index (χ0v) is 18.9. The molecular formula is C23H22FN5O3S. The maximum Gasteiger partial charge on any atom is 0.240 e. The molecule has 10 heteroatoms. The number of anilines is 1. The highest BCUT2D eigenvalue weighted by Gasteiger charge is 2.20. The summed E-state index contributed by atoms with van der Waals surface area (Å²) < 4.78 is 48.2. The highest BCUT2D eigenvalue weighted by molar-refractivity contribution is 7.89. The Bertz CT molecular complexity index is 1470. The molecule has 1 aliphatic heterocycles. The lowest BCUT2D eigenvalue weighted by Gasteiger charge is -2.13. The fourth-order valence-electron chi connectivity index (χ4n) is 4.03. The Labute approximate surface area is 190 Å². The van der Waals surface area contributed by atoms with E-state index in [1.54, 1.807) is 36.5 Å². The molecule has 0 amide bonds. The van der Waals surface area contributed by atoms with Gasteiger partial charge in [0.1, 0.15) is 17.2 Å². The number of aryl methyl sites for hydroxylation is 1. The second-order valence-electron chi connectivity index (χ2n) is 7.76. The Morgan fingerprint density at radius 3 is 2.73 bits per heavy atom. The standard InChI is InChI=1S/C23H22FN5O3S/c1-14-13-29-22(28-14)18(15-3-5-16(6-4-15)33(30,31)25-2)11-26-23(29)27-12-19-17-9-10-32-21(17)8-7-20(19)24/h3-8,11,13,25H,9-10,12H2,1-2H3,(H,26,27). The maximum atomic E-state index is 14.5. The lowest BCUT2D eigenvalue weighted by molar-refractivity contribution is 0.356. The van der Waals surface area contributed by atoms with Crippen molar-refractivity contribution in [1.82, 2.24) is 19.1 Å². The van der Waals surface area contributed by atoms with E-state index < -0.39 is 10.0 Å². The molecule has 0 bridgehead atoms. The van der Waals surface area contributed by atoms with Crippen LogP contribution in [0.2, 0.25) is 0 Å². The zero-order valence-electron chi connectivity index (χ0n) is 18.1. The smallest absolute Gasteiger partial charge is 0.240 e. The summed E-state index contributed by atoms with van der Waals surface area (Å²) in [5, 5.41) is 3.23. The summed E-state index contributed by atoms with van der Waals surface area (Å²) in [5.74, 6) is 0.974. The summed E-state index contributed by atoms with van der Waals surface area (Å²) in [6.45, 7) is 2.69. The Hall–Kier alpha value is -3.50. The monoisotopic (exact) mass is 467 g/mol. The number of halogens is 1. The number of aromatic nitrogens is 3. The van der Waals surface area contributed by atoms with Crippen LogP contribution < -0.4 is 14.8 Å². The average Bonchev–Trinajstić information content (AvgIpc) is 3.44. The maximum absolute atomic E-state index is 14.5. The Morgan fingerprint density at radius 2 is 1.97 bits per heavy atom. The van der Waals surface area contributed by atoms with E-state index in [1.807, 2.05) is 17.5 Å². The van der Waals surface area contributed by atoms with Crippen molar-refractivity contribution in [1.29, 1.82) is 0 Å². The highest BCUT2D eigenvalue weighted by Crippen LogP contribution is 2.31. The molecule has 0 saturated heterocycles. The summed E-state index contributed by atoms with van der Waals surface area (Å²) >= 11 is 0. The third kappa shape index (κ3) is 3.81. The van der Waals surface area contributed by atoms with Crippen molar-refractivity contribution in [3.05, 3.63) is 71.4 Å². The van der Waals surface area contributed by atoms with E-state index in [-0.39, 0.29) is 17.3 Å². The van der Waals surface area contributed by atoms with E-state index in [0.717, 1.165) is 28.1 Å². The molecule has 4 aromatic rings. The van der Waals surface area contributed by atoms with Gasteiger partial charge in [-0.25, -0.2) is 27.5 Å². The van der Waals surface area contributed by atoms with E-state index in [9.17, 15) is 12.8 Å². The van der Waals surface area contributed by atoms with Crippen LogP contribution in [0.15, 0.2) is 53.7 Å². The third-order valence-corrected chi connectivity index (χ3v) is 7.15. The first-order valence-electron chi connectivity index (χ1n) is 10.4. The lowest BCUT2D eigenvalue weighted by atomic mass is 10.0. The molecule has 2 aromatic carbocycles. The van der Waals surface area contributed by atoms with Crippen LogP contribution in [0, 0.1) is 12.7 Å². The van der Waals surface area contributed by atoms with Gasteiger partial charge in [-0.3, -0.25) is 4.40 Å². The summed E-state index contributed by atoms with van der Waals surface area (Å²) in [4.78, 5) is 9.35. The molecule has 0 spiro atoms. The summed E-state index contributed by atoms with van der Waals surface area (Å²) in [5.41, 5.74) is 4.44. The van der Waals surface area contributed by atoms with Gasteiger partial charge < -0.3 is 10.1 Å². The number of nitrogens with zero attached hydrogens (tertiary/aromatic N) is 3. The number of ether oxygens (including phenoxy) is 1. The van der Waals surface area contributed by atoms with Gasteiger partial charge in [0.15, 0.2) is 0 Å². The molecule has 33 heavy (non-hydrogen) atoms. The molecule has 0 saturated carbocycles. The highest BCUT2D eigenvalue weighted by atomic mass is 32.2. The molecular weight excluding hydrogens is 445 g/mol. The molecule has 2 aromatic heterocycles. The van der Waals surface area contributed by atoms with Gasteiger partial charge in [0.05, 0.1) is 17.2 Å². The molecule has 0 aliphatic carbocycles. The number of imidazole rings is 1. The van der Waals surface area contributed by atoms with Crippen LogP contribution in [0.3, 0.4) is 0 Å². The fourth-order valence-corrected chi connectivity index (χ4v) is 4.76. The Balaban J connectivity index is 1.49. The van der Waals surface area contributed by atoms with Gasteiger partial charge in [-0.05, 0) is 43.8 Å². The number of nitrogens with one attached hydrogen (secondary N) is 2. The molecule has 0 radical (unpaired) electrons. The van der Waals surface area contributed by atoms with Gasteiger partial charge in [0.25, 0.3) is 0 Å². The number of rotatable bonds is 6. The Kier molecular flexibility index (Phi) is 5.26. The predicted molar refractivity (Wildman–Crippen MR) is 122 cm³/mol. The largest absolute Gasteiger partial charge is 0.493 e. The van der Waals surface area contributed by atoms with Crippen molar-refractivity contribution in [2.45, 2.75) is 24.8 Å². The average molecular weight is 468 g/mol. The van der Waals surface area contributed by atoms with Crippen molar-refractivity contribution in [2.75, 3.05) is 19.0 Å². The van der Waals surface area contributed by atoms with Crippen molar-refractivity contribution in [3.63, 3.8) is 0 Å². The van der Waals surface area contributed by atoms with Crippen molar-refractivity contribution in [2.24, 2.45) is 0 Å². The number of hydrogen-bond donors (Lipinski definition) is 2. The van der Waals surface area contributed by atoms with E-state index in [0.29, 0.717) is 30.2 Å². The van der Waals surface area contributed by atoms with Gasteiger partial charge >= 0.3 is 0 Å². The quantitative estimate of drug-likeness (QED) is 0.452. The molecule has 0 fully saturated rings. The van der Waals surface area contributed by atoms with E-state index in [4.69, 9.17) is 4.74 Å². The molecule has 2 N–H and O–H groups in total. The molecule has 8 nitrogen and oxygen atoms in total. The molecule has 1 aliphatic rings. The van der Waals surface area contributed by atoms with Crippen LogP contribution in [-0.2, 0) is 23.0 Å². The second-order valence-corrected chi connectivity index (χ2v) is 9.64. The Morgan fingerprint density at radius 1 is 1.18 bits per heavy atom. The molecule has 0 atom stereocenters. The van der Waals surface area contributed by atoms with Gasteiger partial charge in [-0.15, -0.1) is 0 Å². The minimum absolute atomic E-state index is 0.178. The summed E-state index contributed by atoms with van der Waals surface area (Å²) in [6.07, 6.45) is 4.21. The van der Waals surface area contributed by atoms with Crippen LogP contribution >= 0.6 is 0 Å². The summed E-state index contributed by atoms with van der Waals surface area (Å²) in [7, 11) is -2.15. The number of hydrogen-bond acceptors (Lipinski definition) is 6. The molecule has 170 valence electrons. The van der Waals surface area contributed by atoms with Crippen LogP contribution in [0.1, 0.15) is 16.8 Å². The summed E-state index contributed by atoms with van der Waals surface area (Å²) in [6, 6.07) is 9.62. The van der Waals surface area contributed by atoms with Gasteiger partial charge in [0.2, 0.25) is 16.0 Å². The number of benzene rings is 2. The van der Waals surface area contributed by atoms with E-state index in [2.05, 4.69) is 20.0 Å². The fraction of sp³-hybridized carbons (Fsp3) is 0.217. The lowest BCUT2D eigenvalue weighted by Crippen LogP contribution is -2.18. The van der Waals surface area contributed by atoms with Gasteiger partial charge in [-0.2, -0.15) is 0 Å². The topological polar surface area (TPSA) is 97.6 Å². The zero-order chi connectivity index (χ0) is 23.2. The molecule has 5 rings (SSSR count). The van der Waals surface area contributed by atoms with Crippen molar-refractivity contribution >= 4 is 21.6 Å². The third-order valence-electron chi connectivity index (χ3n) is 5.72.